The number of rotatable bonds is 5. The maximum Gasteiger partial charge on any atom is 0.152 e. The second kappa shape index (κ2) is 6.55. The van der Waals surface area contributed by atoms with Crippen molar-refractivity contribution in [2.45, 2.75) is 39.0 Å². The Morgan fingerprint density at radius 3 is 2.95 bits per heavy atom. The minimum Gasteiger partial charge on any atom is -0.371 e. The number of hydrogen-bond acceptors (Lipinski definition) is 4. The molecule has 0 radical (unpaired) electrons. The Hall–Kier alpha value is -1.78. The largest absolute Gasteiger partial charge is 0.371 e. The quantitative estimate of drug-likeness (QED) is 0.922. The average Bonchev–Trinajstić information content (AvgIpc) is 3.00. The summed E-state index contributed by atoms with van der Waals surface area (Å²) in [6, 6.07) is 12.1. The van der Waals surface area contributed by atoms with Crippen LogP contribution in [0.1, 0.15) is 26.0 Å². The van der Waals surface area contributed by atoms with Gasteiger partial charge in [-0.3, -0.25) is 9.78 Å². The van der Waals surface area contributed by atoms with Crippen molar-refractivity contribution in [1.82, 2.24) is 10.3 Å². The Morgan fingerprint density at radius 2 is 2.14 bits per heavy atom. The van der Waals surface area contributed by atoms with Gasteiger partial charge in [0, 0.05) is 17.8 Å². The summed E-state index contributed by atoms with van der Waals surface area (Å²) in [4.78, 5) is 16.6. The van der Waals surface area contributed by atoms with E-state index in [9.17, 15) is 4.79 Å². The van der Waals surface area contributed by atoms with Crippen LogP contribution in [0.15, 0.2) is 36.4 Å². The molecule has 1 aliphatic heterocycles. The van der Waals surface area contributed by atoms with Gasteiger partial charge in [0.2, 0.25) is 0 Å². The van der Waals surface area contributed by atoms with Crippen LogP contribution >= 0.6 is 0 Å². The van der Waals surface area contributed by atoms with Gasteiger partial charge in [0.15, 0.2) is 5.78 Å². The van der Waals surface area contributed by atoms with Gasteiger partial charge in [0.1, 0.15) is 0 Å². The number of carbonyl (C=O) groups is 1. The van der Waals surface area contributed by atoms with Crippen LogP contribution in [-0.4, -0.2) is 29.5 Å². The topological polar surface area (TPSA) is 51.2 Å². The van der Waals surface area contributed by atoms with Gasteiger partial charge in [-0.1, -0.05) is 38.1 Å². The van der Waals surface area contributed by atoms with Gasteiger partial charge in [0.05, 0.1) is 30.0 Å². The average molecular weight is 298 g/mol. The number of carbonyl (C=O) groups excluding carboxylic acids is 1. The molecule has 0 spiro atoms. The highest BCUT2D eigenvalue weighted by atomic mass is 16.5. The summed E-state index contributed by atoms with van der Waals surface area (Å²) in [7, 11) is 0. The molecule has 1 aliphatic rings. The van der Waals surface area contributed by atoms with E-state index < -0.39 is 0 Å². The summed E-state index contributed by atoms with van der Waals surface area (Å²) < 4.78 is 5.92. The summed E-state index contributed by atoms with van der Waals surface area (Å²) in [6.45, 7) is 5.10. The van der Waals surface area contributed by atoms with E-state index in [1.165, 1.54) is 0 Å². The van der Waals surface area contributed by atoms with Gasteiger partial charge in [-0.15, -0.1) is 0 Å². The molecule has 4 heteroatoms. The summed E-state index contributed by atoms with van der Waals surface area (Å²) in [6.07, 6.45) is 0.839. The molecule has 1 aromatic carbocycles. The predicted molar refractivity (Wildman–Crippen MR) is 86.6 cm³/mol. The zero-order valence-corrected chi connectivity index (χ0v) is 13.1. The third-order valence-corrected chi connectivity index (χ3v) is 4.13. The van der Waals surface area contributed by atoms with Crippen LogP contribution in [0.2, 0.25) is 0 Å². The molecule has 2 unspecified atom stereocenters. The Morgan fingerprint density at radius 1 is 1.32 bits per heavy atom. The summed E-state index contributed by atoms with van der Waals surface area (Å²) >= 11 is 0. The Balaban J connectivity index is 1.57. The van der Waals surface area contributed by atoms with Gasteiger partial charge in [-0.25, -0.2) is 0 Å². The molecule has 1 saturated heterocycles. The zero-order chi connectivity index (χ0) is 15.5. The lowest BCUT2D eigenvalue weighted by molar-refractivity contribution is -0.123. The molecule has 2 atom stereocenters. The van der Waals surface area contributed by atoms with Crippen LogP contribution in [0.4, 0.5) is 0 Å². The van der Waals surface area contributed by atoms with Crippen LogP contribution in [0.25, 0.3) is 10.9 Å². The third kappa shape index (κ3) is 3.34. The van der Waals surface area contributed by atoms with Crippen LogP contribution < -0.4 is 5.32 Å². The molecule has 116 valence electrons. The van der Waals surface area contributed by atoms with Gasteiger partial charge in [-0.2, -0.15) is 0 Å². The van der Waals surface area contributed by atoms with Crippen molar-refractivity contribution in [2.75, 3.05) is 6.54 Å². The number of hydrogen-bond donors (Lipinski definition) is 1. The number of ether oxygens (including phenoxy) is 1. The van der Waals surface area contributed by atoms with E-state index in [0.29, 0.717) is 6.61 Å². The number of nitrogens with zero attached hydrogens (tertiary/aromatic N) is 1. The van der Waals surface area contributed by atoms with E-state index in [1.54, 1.807) is 0 Å². The van der Waals surface area contributed by atoms with E-state index in [1.807, 2.05) is 38.1 Å². The fourth-order valence-corrected chi connectivity index (χ4v) is 2.84. The van der Waals surface area contributed by atoms with Gasteiger partial charge < -0.3 is 10.1 Å². The van der Waals surface area contributed by atoms with E-state index in [2.05, 4.69) is 22.4 Å². The highest BCUT2D eigenvalue weighted by Crippen LogP contribution is 2.17. The van der Waals surface area contributed by atoms with Crippen molar-refractivity contribution in [2.24, 2.45) is 5.92 Å². The predicted octanol–water partition coefficient (Wildman–Crippen LogP) is 2.71. The molecule has 1 aromatic heterocycles. The van der Waals surface area contributed by atoms with Crippen molar-refractivity contribution in [1.29, 1.82) is 0 Å². The highest BCUT2D eigenvalue weighted by molar-refractivity contribution is 5.86. The number of para-hydroxylation sites is 1. The molecule has 1 fully saturated rings. The SMILES string of the molecule is CC(C)C(=O)C1CC(OCc2ccc3ccccc3n2)CN1. The second-order valence-corrected chi connectivity index (χ2v) is 6.18. The molecule has 3 rings (SSSR count). The molecule has 2 aromatic rings. The van der Waals surface area contributed by atoms with Crippen LogP contribution in [0, 0.1) is 5.92 Å². The first-order chi connectivity index (χ1) is 10.6. The molecule has 0 amide bonds. The van der Waals surface area contributed by atoms with E-state index >= 15 is 0 Å². The molecule has 0 aliphatic carbocycles. The summed E-state index contributed by atoms with van der Waals surface area (Å²) in [5.41, 5.74) is 1.92. The smallest absolute Gasteiger partial charge is 0.152 e. The van der Waals surface area contributed by atoms with Crippen LogP contribution in [-0.2, 0) is 16.1 Å². The standard InChI is InChI=1S/C18H22N2O2/c1-12(2)18(21)17-9-15(10-19-17)22-11-14-8-7-13-5-3-4-6-16(13)20-14/h3-8,12,15,17,19H,9-11H2,1-2H3. The highest BCUT2D eigenvalue weighted by Gasteiger charge is 2.30. The minimum atomic E-state index is -0.0606. The Kier molecular flexibility index (Phi) is 4.50. The number of fused-ring (bicyclic) bond motifs is 1. The fourth-order valence-electron chi connectivity index (χ4n) is 2.84. The molecular formula is C18H22N2O2. The number of aromatic nitrogens is 1. The number of benzene rings is 1. The van der Waals surface area contributed by atoms with Crippen molar-refractivity contribution >= 4 is 16.7 Å². The van der Waals surface area contributed by atoms with Crippen LogP contribution in [0.3, 0.4) is 0 Å². The first-order valence-electron chi connectivity index (χ1n) is 7.87. The minimum absolute atomic E-state index is 0.0606. The lowest BCUT2D eigenvalue weighted by Crippen LogP contribution is -2.33. The Bertz CT molecular complexity index is 669. The van der Waals surface area contributed by atoms with Crippen molar-refractivity contribution in [3.8, 4) is 0 Å². The van der Waals surface area contributed by atoms with E-state index in [4.69, 9.17) is 4.74 Å². The lowest BCUT2D eigenvalue weighted by atomic mass is 10.0. The molecule has 0 bridgehead atoms. The number of ketones is 1. The zero-order valence-electron chi connectivity index (χ0n) is 13.1. The summed E-state index contributed by atoms with van der Waals surface area (Å²) in [5.74, 6) is 0.341. The second-order valence-electron chi connectivity index (χ2n) is 6.18. The molecule has 22 heavy (non-hydrogen) atoms. The Labute approximate surface area is 130 Å². The van der Waals surface area contributed by atoms with Gasteiger partial charge in [-0.05, 0) is 18.6 Å². The third-order valence-electron chi connectivity index (χ3n) is 4.13. The van der Waals surface area contributed by atoms with Crippen molar-refractivity contribution < 1.29 is 9.53 Å². The maximum absolute atomic E-state index is 12.0. The maximum atomic E-state index is 12.0. The lowest BCUT2D eigenvalue weighted by Gasteiger charge is -2.12. The number of pyridine rings is 1. The van der Waals surface area contributed by atoms with Crippen molar-refractivity contribution in [3.63, 3.8) is 0 Å². The van der Waals surface area contributed by atoms with Crippen molar-refractivity contribution in [3.05, 3.63) is 42.1 Å². The van der Waals surface area contributed by atoms with Gasteiger partial charge >= 0.3 is 0 Å². The normalized spacial score (nSPS) is 21.6. The molecule has 0 saturated carbocycles. The molecule has 1 N–H and O–H groups in total. The van der Waals surface area contributed by atoms with Crippen LogP contribution in [0.5, 0.6) is 0 Å². The first-order valence-corrected chi connectivity index (χ1v) is 7.87. The molecule has 2 heterocycles. The monoisotopic (exact) mass is 298 g/mol. The first kappa shape index (κ1) is 15.1. The molecular weight excluding hydrogens is 276 g/mol. The molecule has 4 nitrogen and oxygen atoms in total. The number of nitrogens with one attached hydrogen (secondary N) is 1. The van der Waals surface area contributed by atoms with E-state index in [0.717, 1.165) is 29.6 Å². The fraction of sp³-hybridized carbons (Fsp3) is 0.444. The number of Topliss-reactive ketones (excluding diaryl/α,β-unsaturated/α-hetero) is 1. The van der Waals surface area contributed by atoms with E-state index in [-0.39, 0.29) is 23.8 Å². The van der Waals surface area contributed by atoms with Gasteiger partial charge in [0.25, 0.3) is 0 Å². The summed E-state index contributed by atoms with van der Waals surface area (Å²) in [5, 5.41) is 4.39.